The van der Waals surface area contributed by atoms with Crippen LogP contribution in [0, 0.1) is 6.92 Å². The zero-order chi connectivity index (χ0) is 14.1. The van der Waals surface area contributed by atoms with Crippen LogP contribution in [0.15, 0.2) is 16.7 Å². The van der Waals surface area contributed by atoms with Gasteiger partial charge in [-0.3, -0.25) is 0 Å². The molecule has 3 rings (SSSR count). The molecular formula is C11H10N6O2S. The summed E-state index contributed by atoms with van der Waals surface area (Å²) in [5.74, 6) is 1.07. The first kappa shape index (κ1) is 12.5. The molecule has 0 saturated carbocycles. The van der Waals surface area contributed by atoms with Gasteiger partial charge in [-0.05, 0) is 24.5 Å². The van der Waals surface area contributed by atoms with E-state index in [2.05, 4.69) is 24.7 Å². The Morgan fingerprint density at radius 2 is 2.15 bits per heavy atom. The third-order valence-electron chi connectivity index (χ3n) is 2.61. The van der Waals surface area contributed by atoms with Crippen molar-refractivity contribution in [2.75, 3.05) is 12.8 Å². The summed E-state index contributed by atoms with van der Waals surface area (Å²) in [4.78, 5) is 4.27. The largest absolute Gasteiger partial charge is 0.480 e. The maximum absolute atomic E-state index is 5.84. The predicted octanol–water partition coefficient (Wildman–Crippen LogP) is 1.55. The van der Waals surface area contributed by atoms with Gasteiger partial charge < -0.3 is 15.0 Å². The smallest absolute Gasteiger partial charge is 0.263 e. The molecule has 0 saturated heterocycles. The number of hydrogen-bond donors (Lipinski definition) is 1. The minimum absolute atomic E-state index is 0.321. The Balaban J connectivity index is 1.97. The lowest BCUT2D eigenvalue weighted by Gasteiger charge is -1.96. The van der Waals surface area contributed by atoms with Gasteiger partial charge in [-0.25, -0.2) is 0 Å². The molecule has 9 heteroatoms. The molecule has 0 fully saturated rings. The standard InChI is InChI=1S/C11H10N6O2S/c1-5-8(9(12)20-17-5)11-13-10(16-19-11)6-3-4-7(18-2)15-14-6/h3-4H,12H2,1-2H3. The van der Waals surface area contributed by atoms with Crippen molar-refractivity contribution in [3.63, 3.8) is 0 Å². The lowest BCUT2D eigenvalue weighted by Crippen LogP contribution is -1.93. The van der Waals surface area contributed by atoms with Gasteiger partial charge in [0.1, 0.15) is 10.7 Å². The molecule has 0 aliphatic carbocycles. The van der Waals surface area contributed by atoms with Crippen molar-refractivity contribution < 1.29 is 9.26 Å². The second-order valence-electron chi connectivity index (χ2n) is 3.89. The minimum Gasteiger partial charge on any atom is -0.480 e. The summed E-state index contributed by atoms with van der Waals surface area (Å²) in [7, 11) is 1.52. The van der Waals surface area contributed by atoms with Gasteiger partial charge in [0.15, 0.2) is 0 Å². The van der Waals surface area contributed by atoms with Gasteiger partial charge in [-0.15, -0.1) is 10.2 Å². The molecular weight excluding hydrogens is 280 g/mol. The number of nitrogens with two attached hydrogens (primary N) is 1. The number of rotatable bonds is 3. The van der Waals surface area contributed by atoms with Crippen LogP contribution in [-0.2, 0) is 0 Å². The van der Waals surface area contributed by atoms with E-state index in [1.54, 1.807) is 12.1 Å². The first-order valence-electron chi connectivity index (χ1n) is 5.63. The van der Waals surface area contributed by atoms with Crippen LogP contribution in [0.5, 0.6) is 5.88 Å². The van der Waals surface area contributed by atoms with E-state index in [-0.39, 0.29) is 0 Å². The lowest BCUT2D eigenvalue weighted by atomic mass is 10.2. The summed E-state index contributed by atoms with van der Waals surface area (Å²) in [5, 5.41) is 12.2. The van der Waals surface area contributed by atoms with E-state index in [1.807, 2.05) is 6.92 Å². The van der Waals surface area contributed by atoms with Crippen LogP contribution in [0.3, 0.4) is 0 Å². The summed E-state index contributed by atoms with van der Waals surface area (Å²) in [6.07, 6.45) is 0. The number of anilines is 1. The minimum atomic E-state index is 0.321. The Labute approximate surface area is 117 Å². The van der Waals surface area contributed by atoms with Gasteiger partial charge in [-0.2, -0.15) is 9.36 Å². The van der Waals surface area contributed by atoms with Gasteiger partial charge in [0.2, 0.25) is 11.7 Å². The third kappa shape index (κ3) is 2.07. The Kier molecular flexibility index (Phi) is 3.03. The SMILES string of the molecule is COc1ccc(-c2noc(-c3c(C)nsc3N)n2)nn1. The molecule has 20 heavy (non-hydrogen) atoms. The predicted molar refractivity (Wildman–Crippen MR) is 72.1 cm³/mol. The molecule has 0 radical (unpaired) electrons. The van der Waals surface area contributed by atoms with Crippen molar-refractivity contribution >= 4 is 16.5 Å². The second kappa shape index (κ2) is 4.85. The molecule has 0 aromatic carbocycles. The van der Waals surface area contributed by atoms with Crippen LogP contribution in [0.1, 0.15) is 5.69 Å². The summed E-state index contributed by atoms with van der Waals surface area (Å²) in [6, 6.07) is 3.37. The van der Waals surface area contributed by atoms with Crippen LogP contribution in [0.25, 0.3) is 23.0 Å². The van der Waals surface area contributed by atoms with Crippen LogP contribution in [0.4, 0.5) is 5.00 Å². The Morgan fingerprint density at radius 3 is 2.75 bits per heavy atom. The van der Waals surface area contributed by atoms with E-state index in [4.69, 9.17) is 15.0 Å². The number of methoxy groups -OCH3 is 1. The molecule has 0 aliphatic rings. The fourth-order valence-electron chi connectivity index (χ4n) is 1.62. The molecule has 8 nitrogen and oxygen atoms in total. The monoisotopic (exact) mass is 290 g/mol. The van der Waals surface area contributed by atoms with Crippen molar-refractivity contribution in [1.29, 1.82) is 0 Å². The quantitative estimate of drug-likeness (QED) is 0.773. The van der Waals surface area contributed by atoms with Gasteiger partial charge in [-0.1, -0.05) is 5.16 Å². The molecule has 0 bridgehead atoms. The summed E-state index contributed by atoms with van der Waals surface area (Å²) in [5.41, 5.74) is 7.74. The average Bonchev–Trinajstić information content (AvgIpc) is 3.06. The van der Waals surface area contributed by atoms with E-state index in [0.717, 1.165) is 5.69 Å². The number of ether oxygens (including phenoxy) is 1. The number of aromatic nitrogens is 5. The number of nitrogen functional groups attached to an aromatic ring is 1. The van der Waals surface area contributed by atoms with E-state index in [0.29, 0.717) is 33.9 Å². The highest BCUT2D eigenvalue weighted by Gasteiger charge is 2.18. The van der Waals surface area contributed by atoms with Gasteiger partial charge in [0, 0.05) is 6.07 Å². The van der Waals surface area contributed by atoms with Crippen molar-refractivity contribution in [3.05, 3.63) is 17.8 Å². The van der Waals surface area contributed by atoms with Gasteiger partial charge >= 0.3 is 0 Å². The van der Waals surface area contributed by atoms with Gasteiger partial charge in [0.05, 0.1) is 18.4 Å². The lowest BCUT2D eigenvalue weighted by molar-refractivity contribution is 0.392. The molecule has 0 amide bonds. The Morgan fingerprint density at radius 1 is 1.30 bits per heavy atom. The molecule has 2 N–H and O–H groups in total. The first-order valence-corrected chi connectivity index (χ1v) is 6.40. The van der Waals surface area contributed by atoms with Crippen molar-refractivity contribution in [1.82, 2.24) is 24.7 Å². The number of aryl methyl sites for hydroxylation is 1. The molecule has 0 atom stereocenters. The van der Waals surface area contributed by atoms with Crippen LogP contribution < -0.4 is 10.5 Å². The van der Waals surface area contributed by atoms with Crippen LogP contribution in [-0.4, -0.2) is 31.8 Å². The fourth-order valence-corrected chi connectivity index (χ4v) is 2.28. The van der Waals surface area contributed by atoms with E-state index >= 15 is 0 Å². The zero-order valence-electron chi connectivity index (χ0n) is 10.7. The topological polar surface area (TPSA) is 113 Å². The van der Waals surface area contributed by atoms with Gasteiger partial charge in [0.25, 0.3) is 5.89 Å². The van der Waals surface area contributed by atoms with E-state index < -0.39 is 0 Å². The summed E-state index contributed by atoms with van der Waals surface area (Å²) >= 11 is 1.19. The molecule has 0 spiro atoms. The molecule has 3 aromatic rings. The van der Waals surface area contributed by atoms with Crippen molar-refractivity contribution in [2.45, 2.75) is 6.92 Å². The van der Waals surface area contributed by atoms with Crippen LogP contribution >= 0.6 is 11.5 Å². The fraction of sp³-hybridized carbons (Fsp3) is 0.182. The van der Waals surface area contributed by atoms with Crippen LogP contribution in [0.2, 0.25) is 0 Å². The Bertz CT molecular complexity index is 716. The van der Waals surface area contributed by atoms with E-state index in [1.165, 1.54) is 18.6 Å². The highest BCUT2D eigenvalue weighted by molar-refractivity contribution is 7.10. The number of hydrogen-bond acceptors (Lipinski definition) is 9. The summed E-state index contributed by atoms with van der Waals surface area (Å²) in [6.45, 7) is 1.83. The molecule has 3 aromatic heterocycles. The summed E-state index contributed by atoms with van der Waals surface area (Å²) < 4.78 is 14.3. The molecule has 3 heterocycles. The average molecular weight is 290 g/mol. The molecule has 102 valence electrons. The molecule has 0 unspecified atom stereocenters. The Hall–Kier alpha value is -2.55. The van der Waals surface area contributed by atoms with E-state index in [9.17, 15) is 0 Å². The third-order valence-corrected chi connectivity index (χ3v) is 3.37. The highest BCUT2D eigenvalue weighted by atomic mass is 32.1. The van der Waals surface area contributed by atoms with Crippen molar-refractivity contribution in [3.8, 4) is 28.9 Å². The zero-order valence-corrected chi connectivity index (χ0v) is 11.5. The normalized spacial score (nSPS) is 10.7. The highest BCUT2D eigenvalue weighted by Crippen LogP contribution is 2.31. The maximum atomic E-state index is 5.84. The second-order valence-corrected chi connectivity index (χ2v) is 4.70. The number of nitrogens with zero attached hydrogens (tertiary/aromatic N) is 5. The van der Waals surface area contributed by atoms with Crippen molar-refractivity contribution in [2.24, 2.45) is 0 Å². The maximum Gasteiger partial charge on any atom is 0.263 e. The molecule has 0 aliphatic heterocycles. The first-order chi connectivity index (χ1) is 9.69.